The highest BCUT2D eigenvalue weighted by Crippen LogP contribution is 2.30. The fraction of sp³-hybridized carbons (Fsp3) is 0.0909. The average Bonchev–Trinajstić information content (AvgIpc) is 3.44. The number of carbonyl (C=O) groups excluding carboxylic acids is 2. The zero-order valence-corrected chi connectivity index (χ0v) is 16.4. The van der Waals surface area contributed by atoms with Gasteiger partial charge in [-0.2, -0.15) is 10.2 Å². The molecule has 0 atom stereocenters. The molecule has 2 heterocycles. The fourth-order valence-electron chi connectivity index (χ4n) is 3.19. The predicted octanol–water partition coefficient (Wildman–Crippen LogP) is 3.30. The quantitative estimate of drug-likeness (QED) is 0.476. The Labute approximate surface area is 172 Å². The van der Waals surface area contributed by atoms with E-state index in [1.165, 1.54) is 18.9 Å². The third-order valence-electron chi connectivity index (χ3n) is 4.54. The summed E-state index contributed by atoms with van der Waals surface area (Å²) in [6, 6.07) is 20.1. The lowest BCUT2D eigenvalue weighted by Crippen LogP contribution is -2.15. The van der Waals surface area contributed by atoms with E-state index in [-0.39, 0.29) is 17.0 Å². The summed E-state index contributed by atoms with van der Waals surface area (Å²) < 4.78 is 13.0. The van der Waals surface area contributed by atoms with Crippen LogP contribution in [-0.2, 0) is 9.47 Å². The van der Waals surface area contributed by atoms with Crippen molar-refractivity contribution in [3.63, 3.8) is 0 Å². The van der Waals surface area contributed by atoms with Crippen LogP contribution in [0.5, 0.6) is 0 Å². The summed E-state index contributed by atoms with van der Waals surface area (Å²) in [5, 5.41) is 8.97. The molecule has 0 saturated carbocycles. The Morgan fingerprint density at radius 2 is 1.33 bits per heavy atom. The van der Waals surface area contributed by atoms with Gasteiger partial charge in [0.25, 0.3) is 0 Å². The summed E-state index contributed by atoms with van der Waals surface area (Å²) in [6.07, 6.45) is 1.60. The van der Waals surface area contributed by atoms with Crippen molar-refractivity contribution in [2.24, 2.45) is 0 Å². The molecule has 0 spiro atoms. The Bertz CT molecular complexity index is 1200. The van der Waals surface area contributed by atoms with E-state index < -0.39 is 11.9 Å². The molecule has 0 amide bonds. The second-order valence-electron chi connectivity index (χ2n) is 6.27. The molecule has 4 rings (SSSR count). The number of methoxy groups -OCH3 is 2. The molecule has 4 aromatic rings. The number of esters is 2. The van der Waals surface area contributed by atoms with Gasteiger partial charge in [-0.3, -0.25) is 0 Å². The SMILES string of the molecule is COC(=O)c1c(-c2ccnn2-c2ccccc2)nn(-c2ccccc2)c1C(=O)OC. The van der Waals surface area contributed by atoms with E-state index in [4.69, 9.17) is 9.47 Å². The summed E-state index contributed by atoms with van der Waals surface area (Å²) in [5.74, 6) is -1.41. The average molecular weight is 402 g/mol. The lowest BCUT2D eigenvalue weighted by Gasteiger charge is -2.07. The number of nitrogens with zero attached hydrogens (tertiary/aromatic N) is 4. The first kappa shape index (κ1) is 19.1. The predicted molar refractivity (Wildman–Crippen MR) is 109 cm³/mol. The second kappa shape index (κ2) is 8.04. The molecule has 0 aliphatic carbocycles. The lowest BCUT2D eigenvalue weighted by molar-refractivity contribution is 0.0549. The number of hydrogen-bond acceptors (Lipinski definition) is 6. The number of rotatable bonds is 5. The van der Waals surface area contributed by atoms with E-state index in [2.05, 4.69) is 10.2 Å². The van der Waals surface area contributed by atoms with Crippen molar-refractivity contribution in [3.8, 4) is 22.8 Å². The molecule has 0 radical (unpaired) electrons. The third-order valence-corrected chi connectivity index (χ3v) is 4.54. The van der Waals surface area contributed by atoms with Gasteiger partial charge in [0.1, 0.15) is 11.3 Å². The van der Waals surface area contributed by atoms with Crippen LogP contribution in [0.1, 0.15) is 20.8 Å². The topological polar surface area (TPSA) is 88.2 Å². The van der Waals surface area contributed by atoms with Crippen molar-refractivity contribution in [1.29, 1.82) is 0 Å². The van der Waals surface area contributed by atoms with Crippen LogP contribution in [0.3, 0.4) is 0 Å². The van der Waals surface area contributed by atoms with E-state index in [1.54, 1.807) is 29.1 Å². The van der Waals surface area contributed by atoms with Crippen LogP contribution >= 0.6 is 0 Å². The van der Waals surface area contributed by atoms with Crippen LogP contribution in [0, 0.1) is 0 Å². The van der Waals surface area contributed by atoms with Gasteiger partial charge in [-0.15, -0.1) is 0 Å². The van der Waals surface area contributed by atoms with Gasteiger partial charge in [0, 0.05) is 0 Å². The summed E-state index contributed by atoms with van der Waals surface area (Å²) >= 11 is 0. The van der Waals surface area contributed by atoms with Crippen molar-refractivity contribution in [1.82, 2.24) is 19.6 Å². The number of carbonyl (C=O) groups is 2. The van der Waals surface area contributed by atoms with Crippen LogP contribution < -0.4 is 0 Å². The van der Waals surface area contributed by atoms with Crippen LogP contribution in [0.15, 0.2) is 72.9 Å². The number of benzene rings is 2. The monoisotopic (exact) mass is 402 g/mol. The van der Waals surface area contributed by atoms with Gasteiger partial charge >= 0.3 is 11.9 Å². The third kappa shape index (κ3) is 3.24. The fourth-order valence-corrected chi connectivity index (χ4v) is 3.19. The van der Waals surface area contributed by atoms with Gasteiger partial charge in [0.2, 0.25) is 0 Å². The number of aromatic nitrogens is 4. The Hall–Kier alpha value is -4.20. The molecular formula is C22H18N4O4. The Balaban J connectivity index is 2.02. The minimum atomic E-state index is -0.705. The summed E-state index contributed by atoms with van der Waals surface area (Å²) in [6.45, 7) is 0. The number of hydrogen-bond donors (Lipinski definition) is 0. The van der Waals surface area contributed by atoms with Gasteiger partial charge in [0.05, 0.1) is 37.5 Å². The van der Waals surface area contributed by atoms with Crippen molar-refractivity contribution >= 4 is 11.9 Å². The Kier molecular flexibility index (Phi) is 5.13. The first-order chi connectivity index (χ1) is 14.7. The summed E-state index contributed by atoms with van der Waals surface area (Å²) in [4.78, 5) is 25.4. The van der Waals surface area contributed by atoms with Crippen LogP contribution in [0.25, 0.3) is 22.8 Å². The minimum Gasteiger partial charge on any atom is -0.465 e. The molecule has 2 aromatic heterocycles. The molecule has 150 valence electrons. The van der Waals surface area contributed by atoms with E-state index in [1.807, 2.05) is 48.5 Å². The summed E-state index contributed by atoms with van der Waals surface area (Å²) in [5.41, 5.74) is 2.15. The molecule has 8 heteroatoms. The minimum absolute atomic E-state index is 0.00545. The molecule has 8 nitrogen and oxygen atoms in total. The van der Waals surface area contributed by atoms with E-state index >= 15 is 0 Å². The first-order valence-electron chi connectivity index (χ1n) is 9.10. The highest BCUT2D eigenvalue weighted by atomic mass is 16.5. The smallest absolute Gasteiger partial charge is 0.357 e. The van der Waals surface area contributed by atoms with Gasteiger partial charge in [0.15, 0.2) is 5.69 Å². The molecule has 0 aliphatic heterocycles. The van der Waals surface area contributed by atoms with Gasteiger partial charge < -0.3 is 9.47 Å². The molecule has 30 heavy (non-hydrogen) atoms. The zero-order valence-electron chi connectivity index (χ0n) is 16.4. The largest absolute Gasteiger partial charge is 0.465 e. The summed E-state index contributed by atoms with van der Waals surface area (Å²) in [7, 11) is 2.50. The number of para-hydroxylation sites is 2. The highest BCUT2D eigenvalue weighted by Gasteiger charge is 2.32. The lowest BCUT2D eigenvalue weighted by atomic mass is 10.1. The molecule has 0 aliphatic rings. The Morgan fingerprint density at radius 1 is 0.767 bits per heavy atom. The van der Waals surface area contributed by atoms with Crippen molar-refractivity contribution in [3.05, 3.63) is 84.2 Å². The maximum Gasteiger partial charge on any atom is 0.357 e. The molecule has 0 N–H and O–H groups in total. The molecule has 2 aromatic carbocycles. The van der Waals surface area contributed by atoms with Gasteiger partial charge in [-0.25, -0.2) is 19.0 Å². The van der Waals surface area contributed by atoms with E-state index in [0.717, 1.165) is 5.69 Å². The van der Waals surface area contributed by atoms with Crippen molar-refractivity contribution < 1.29 is 19.1 Å². The van der Waals surface area contributed by atoms with Gasteiger partial charge in [-0.05, 0) is 30.3 Å². The maximum atomic E-state index is 12.8. The highest BCUT2D eigenvalue weighted by molar-refractivity contribution is 6.06. The zero-order chi connectivity index (χ0) is 21.1. The molecule has 0 bridgehead atoms. The normalized spacial score (nSPS) is 10.6. The van der Waals surface area contributed by atoms with E-state index in [0.29, 0.717) is 11.4 Å². The second-order valence-corrected chi connectivity index (χ2v) is 6.27. The molecular weight excluding hydrogens is 384 g/mol. The number of ether oxygens (including phenoxy) is 2. The van der Waals surface area contributed by atoms with Crippen LogP contribution in [0.2, 0.25) is 0 Å². The standard InChI is InChI=1S/C22H18N4O4/c1-29-21(27)18-19(17-13-14-23-25(17)15-9-5-3-6-10-15)24-26(20(18)22(28)30-2)16-11-7-4-8-12-16/h3-14H,1-2H3. The van der Waals surface area contributed by atoms with Crippen molar-refractivity contribution in [2.75, 3.05) is 14.2 Å². The maximum absolute atomic E-state index is 12.8. The van der Waals surface area contributed by atoms with Crippen LogP contribution in [0.4, 0.5) is 0 Å². The van der Waals surface area contributed by atoms with E-state index in [9.17, 15) is 9.59 Å². The molecule has 0 unspecified atom stereocenters. The Morgan fingerprint density at radius 3 is 1.90 bits per heavy atom. The van der Waals surface area contributed by atoms with Crippen molar-refractivity contribution in [2.45, 2.75) is 0 Å². The van der Waals surface area contributed by atoms with Crippen LogP contribution in [-0.4, -0.2) is 45.7 Å². The molecule has 0 fully saturated rings. The molecule has 0 saturated heterocycles. The first-order valence-corrected chi connectivity index (χ1v) is 9.10. The van der Waals surface area contributed by atoms with Gasteiger partial charge in [-0.1, -0.05) is 36.4 Å².